The van der Waals surface area contributed by atoms with E-state index >= 15 is 0 Å². The number of hydrogen-bond acceptors (Lipinski definition) is 3. The lowest BCUT2D eigenvalue weighted by Gasteiger charge is -2.13. The quantitative estimate of drug-likeness (QED) is 0.607. The zero-order chi connectivity index (χ0) is 12.9. The summed E-state index contributed by atoms with van der Waals surface area (Å²) >= 11 is 0. The number of sulfonamides is 1. The van der Waals surface area contributed by atoms with Crippen LogP contribution in [0.5, 0.6) is 0 Å². The van der Waals surface area contributed by atoms with Gasteiger partial charge in [0.25, 0.3) is 0 Å². The van der Waals surface area contributed by atoms with Crippen LogP contribution in [0.25, 0.3) is 0 Å². The highest BCUT2D eigenvalue weighted by Crippen LogP contribution is 2.15. The summed E-state index contributed by atoms with van der Waals surface area (Å²) in [4.78, 5) is 0.122. The van der Waals surface area contributed by atoms with E-state index in [0.717, 1.165) is 12.1 Å². The molecule has 1 unspecified atom stereocenters. The molecule has 0 fully saturated rings. The molecule has 1 aromatic rings. The van der Waals surface area contributed by atoms with Crippen LogP contribution in [0.4, 0.5) is 0 Å². The van der Waals surface area contributed by atoms with E-state index in [1.54, 1.807) is 12.1 Å². The minimum atomic E-state index is -3.61. The van der Waals surface area contributed by atoms with Crippen LogP contribution in [0.3, 0.4) is 0 Å². The Labute approximate surface area is 102 Å². The van der Waals surface area contributed by atoms with Crippen molar-refractivity contribution in [2.24, 2.45) is 5.14 Å². The van der Waals surface area contributed by atoms with Crippen molar-refractivity contribution in [2.75, 3.05) is 6.54 Å². The summed E-state index contributed by atoms with van der Waals surface area (Å²) < 4.78 is 22.1. The Bertz CT molecular complexity index is 500. The second kappa shape index (κ2) is 5.82. The number of primary sulfonamides is 1. The lowest BCUT2D eigenvalue weighted by Crippen LogP contribution is -2.19. The number of nitrogens with two attached hydrogens (primary N) is 1. The minimum Gasteiger partial charge on any atom is -0.309 e. The minimum absolute atomic E-state index is 0.122. The molecule has 0 aliphatic rings. The Morgan fingerprint density at radius 2 is 2.00 bits per heavy atom. The summed E-state index contributed by atoms with van der Waals surface area (Å²) in [6.07, 6.45) is 5.82. The molecule has 0 amide bonds. The smallest absolute Gasteiger partial charge is 0.238 e. The van der Waals surface area contributed by atoms with Gasteiger partial charge in [-0.15, -0.1) is 12.3 Å². The summed E-state index contributed by atoms with van der Waals surface area (Å²) in [7, 11) is -3.61. The van der Waals surface area contributed by atoms with Crippen molar-refractivity contribution in [3.8, 4) is 12.3 Å². The SMILES string of the molecule is C#CCCNC(C)c1ccc(S(N)(=O)=O)cc1. The van der Waals surface area contributed by atoms with Gasteiger partial charge in [0.05, 0.1) is 4.90 Å². The second-order valence-corrected chi connectivity index (χ2v) is 5.31. The predicted molar refractivity (Wildman–Crippen MR) is 67.7 cm³/mol. The van der Waals surface area contributed by atoms with E-state index in [1.165, 1.54) is 12.1 Å². The fourth-order valence-electron chi connectivity index (χ4n) is 1.42. The van der Waals surface area contributed by atoms with Gasteiger partial charge in [0.2, 0.25) is 10.0 Å². The van der Waals surface area contributed by atoms with E-state index in [2.05, 4.69) is 11.2 Å². The van der Waals surface area contributed by atoms with Crippen LogP contribution in [-0.4, -0.2) is 15.0 Å². The van der Waals surface area contributed by atoms with Crippen LogP contribution in [0.1, 0.15) is 24.9 Å². The summed E-state index contributed by atoms with van der Waals surface area (Å²) in [5.74, 6) is 2.55. The molecule has 0 aromatic heterocycles. The number of nitrogens with one attached hydrogen (secondary N) is 1. The lowest BCUT2D eigenvalue weighted by atomic mass is 10.1. The maximum Gasteiger partial charge on any atom is 0.238 e. The van der Waals surface area contributed by atoms with Crippen molar-refractivity contribution in [3.05, 3.63) is 29.8 Å². The summed E-state index contributed by atoms with van der Waals surface area (Å²) in [6, 6.07) is 6.62. The molecule has 92 valence electrons. The molecule has 0 saturated heterocycles. The third-order valence-electron chi connectivity index (χ3n) is 2.43. The van der Waals surface area contributed by atoms with Crippen molar-refractivity contribution in [1.82, 2.24) is 5.32 Å². The Morgan fingerprint density at radius 3 is 2.47 bits per heavy atom. The molecule has 0 spiro atoms. The van der Waals surface area contributed by atoms with Gasteiger partial charge >= 0.3 is 0 Å². The van der Waals surface area contributed by atoms with Gasteiger partial charge in [-0.1, -0.05) is 12.1 Å². The van der Waals surface area contributed by atoms with Crippen molar-refractivity contribution >= 4 is 10.0 Å². The fourth-order valence-corrected chi connectivity index (χ4v) is 1.94. The number of terminal acetylenes is 1. The maximum atomic E-state index is 11.1. The number of rotatable bonds is 5. The van der Waals surface area contributed by atoms with Gasteiger partial charge in [-0.25, -0.2) is 13.6 Å². The van der Waals surface area contributed by atoms with Crippen LogP contribution in [0.15, 0.2) is 29.2 Å². The predicted octanol–water partition coefficient (Wildman–Crippen LogP) is 1.01. The summed E-state index contributed by atoms with van der Waals surface area (Å²) in [5, 5.41) is 8.25. The third kappa shape index (κ3) is 4.19. The maximum absolute atomic E-state index is 11.1. The van der Waals surface area contributed by atoms with Gasteiger partial charge in [0.15, 0.2) is 0 Å². The van der Waals surface area contributed by atoms with Gasteiger partial charge < -0.3 is 5.32 Å². The highest BCUT2D eigenvalue weighted by Gasteiger charge is 2.09. The molecule has 1 rings (SSSR count). The van der Waals surface area contributed by atoms with Gasteiger partial charge in [-0.3, -0.25) is 0 Å². The normalized spacial score (nSPS) is 13.0. The molecule has 17 heavy (non-hydrogen) atoms. The topological polar surface area (TPSA) is 72.2 Å². The summed E-state index contributed by atoms with van der Waals surface area (Å²) in [6.45, 7) is 2.72. The van der Waals surface area contributed by atoms with Crippen molar-refractivity contribution in [2.45, 2.75) is 24.3 Å². The standard InChI is InChI=1S/C12H16N2O2S/c1-3-4-9-14-10(2)11-5-7-12(8-6-11)17(13,15)16/h1,5-8,10,14H,4,9H2,2H3,(H2,13,15,16). The average Bonchev–Trinajstić information content (AvgIpc) is 2.28. The Kier molecular flexibility index (Phi) is 4.70. The summed E-state index contributed by atoms with van der Waals surface area (Å²) in [5.41, 5.74) is 0.995. The first-order valence-electron chi connectivity index (χ1n) is 5.25. The highest BCUT2D eigenvalue weighted by atomic mass is 32.2. The zero-order valence-electron chi connectivity index (χ0n) is 9.68. The first-order chi connectivity index (χ1) is 7.95. The van der Waals surface area contributed by atoms with Crippen molar-refractivity contribution < 1.29 is 8.42 Å². The number of hydrogen-bond donors (Lipinski definition) is 2. The number of benzene rings is 1. The van der Waals surface area contributed by atoms with Gasteiger partial charge in [-0.2, -0.15) is 0 Å². The van der Waals surface area contributed by atoms with E-state index in [9.17, 15) is 8.42 Å². The van der Waals surface area contributed by atoms with Crippen molar-refractivity contribution in [1.29, 1.82) is 0 Å². The highest BCUT2D eigenvalue weighted by molar-refractivity contribution is 7.89. The lowest BCUT2D eigenvalue weighted by molar-refractivity contribution is 0.582. The van der Waals surface area contributed by atoms with Crippen LogP contribution in [-0.2, 0) is 10.0 Å². The van der Waals surface area contributed by atoms with E-state index in [0.29, 0.717) is 6.42 Å². The third-order valence-corrected chi connectivity index (χ3v) is 3.36. The van der Waals surface area contributed by atoms with E-state index in [-0.39, 0.29) is 10.9 Å². The molecule has 0 saturated carbocycles. The Morgan fingerprint density at radius 1 is 1.41 bits per heavy atom. The monoisotopic (exact) mass is 252 g/mol. The van der Waals surface area contributed by atoms with E-state index in [1.807, 2.05) is 6.92 Å². The molecule has 0 heterocycles. The first-order valence-corrected chi connectivity index (χ1v) is 6.79. The molecule has 5 heteroatoms. The van der Waals surface area contributed by atoms with Gasteiger partial charge in [0, 0.05) is 19.0 Å². The molecule has 0 bridgehead atoms. The van der Waals surface area contributed by atoms with Gasteiger partial charge in [0.1, 0.15) is 0 Å². The molecule has 4 nitrogen and oxygen atoms in total. The molecule has 0 aliphatic heterocycles. The fraction of sp³-hybridized carbons (Fsp3) is 0.333. The molecule has 0 radical (unpaired) electrons. The van der Waals surface area contributed by atoms with Crippen LogP contribution < -0.4 is 10.5 Å². The molecule has 1 aromatic carbocycles. The molecule has 1 atom stereocenters. The second-order valence-electron chi connectivity index (χ2n) is 3.74. The van der Waals surface area contributed by atoms with Crippen molar-refractivity contribution in [3.63, 3.8) is 0 Å². The Hall–Kier alpha value is -1.35. The van der Waals surface area contributed by atoms with E-state index in [4.69, 9.17) is 11.6 Å². The largest absolute Gasteiger partial charge is 0.309 e. The molecular weight excluding hydrogens is 236 g/mol. The molecular formula is C12H16N2O2S. The Balaban J connectivity index is 2.71. The van der Waals surface area contributed by atoms with Crippen LogP contribution >= 0.6 is 0 Å². The molecule has 3 N–H and O–H groups in total. The first kappa shape index (κ1) is 13.7. The van der Waals surface area contributed by atoms with Crippen LogP contribution in [0.2, 0.25) is 0 Å². The average molecular weight is 252 g/mol. The molecule has 0 aliphatic carbocycles. The van der Waals surface area contributed by atoms with Crippen LogP contribution in [0, 0.1) is 12.3 Å². The zero-order valence-corrected chi connectivity index (χ0v) is 10.5. The van der Waals surface area contributed by atoms with Gasteiger partial charge in [-0.05, 0) is 24.6 Å². The van der Waals surface area contributed by atoms with E-state index < -0.39 is 10.0 Å².